The van der Waals surface area contributed by atoms with Crippen molar-refractivity contribution in [2.45, 2.75) is 13.5 Å². The molecule has 168 valence electrons. The van der Waals surface area contributed by atoms with Crippen LogP contribution in [0.4, 0.5) is 5.69 Å². The van der Waals surface area contributed by atoms with E-state index in [1.165, 1.54) is 25.5 Å². The minimum absolute atomic E-state index is 0.0188. The van der Waals surface area contributed by atoms with Crippen molar-refractivity contribution < 1.29 is 23.6 Å². The van der Waals surface area contributed by atoms with Gasteiger partial charge in [-0.15, -0.1) is 0 Å². The molecule has 1 amide bonds. The Balaban J connectivity index is 1.57. The van der Waals surface area contributed by atoms with Crippen molar-refractivity contribution in [3.63, 3.8) is 0 Å². The normalized spacial score (nSPS) is 10.7. The van der Waals surface area contributed by atoms with Crippen LogP contribution >= 0.6 is 0 Å². The third-order valence-electron chi connectivity index (χ3n) is 4.32. The minimum Gasteiger partial charge on any atom is -0.467 e. The topological polar surface area (TPSA) is 153 Å². The summed E-state index contributed by atoms with van der Waals surface area (Å²) in [5.41, 5.74) is 4.37. The molecule has 0 aliphatic heterocycles. The number of methoxy groups -OCH3 is 1. The molecule has 3 aromatic rings. The van der Waals surface area contributed by atoms with Gasteiger partial charge in [0.2, 0.25) is 5.88 Å². The largest absolute Gasteiger partial charge is 0.467 e. The number of furan rings is 1. The first-order chi connectivity index (χ1) is 15.9. The van der Waals surface area contributed by atoms with E-state index < -0.39 is 17.4 Å². The molecule has 11 nitrogen and oxygen atoms in total. The second-order valence-corrected chi connectivity index (χ2v) is 6.74. The van der Waals surface area contributed by atoms with Crippen LogP contribution in [0, 0.1) is 28.4 Å². The number of nitrogens with zero attached hydrogens (tertiary/aromatic N) is 4. The van der Waals surface area contributed by atoms with Gasteiger partial charge >= 0.3 is 0 Å². The minimum atomic E-state index is -0.561. The van der Waals surface area contributed by atoms with Crippen molar-refractivity contribution in [1.29, 1.82) is 5.26 Å². The standard InChI is InChI=1S/C22H19N5O6/c1-14-9-16(12-31-2)19(10-23)22(25-14)32-13-21(28)26-24-11-18-7-8-20(33-18)15-3-5-17(6-4-15)27(29)30/h3-9,11H,12-13H2,1-2H3,(H,26,28)/b24-11+. The summed E-state index contributed by atoms with van der Waals surface area (Å²) in [6, 6.07) is 13.0. The van der Waals surface area contributed by atoms with Gasteiger partial charge in [-0.25, -0.2) is 10.4 Å². The maximum Gasteiger partial charge on any atom is 0.278 e. The fourth-order valence-corrected chi connectivity index (χ4v) is 2.86. The average Bonchev–Trinajstić information content (AvgIpc) is 3.26. The molecule has 0 saturated heterocycles. The van der Waals surface area contributed by atoms with Crippen LogP contribution in [-0.2, 0) is 16.1 Å². The van der Waals surface area contributed by atoms with E-state index in [4.69, 9.17) is 13.9 Å². The highest BCUT2D eigenvalue weighted by molar-refractivity contribution is 5.81. The molecule has 0 saturated carbocycles. The first-order valence-electron chi connectivity index (χ1n) is 9.60. The number of nitro benzene ring substituents is 1. The van der Waals surface area contributed by atoms with E-state index in [2.05, 4.69) is 15.5 Å². The van der Waals surface area contributed by atoms with Gasteiger partial charge in [0.15, 0.2) is 6.61 Å². The van der Waals surface area contributed by atoms with Crippen LogP contribution in [-0.4, -0.2) is 35.7 Å². The average molecular weight is 449 g/mol. The van der Waals surface area contributed by atoms with Gasteiger partial charge < -0.3 is 13.9 Å². The molecule has 0 fully saturated rings. The smallest absolute Gasteiger partial charge is 0.278 e. The number of carbonyl (C=O) groups is 1. The summed E-state index contributed by atoms with van der Waals surface area (Å²) >= 11 is 0. The zero-order valence-electron chi connectivity index (χ0n) is 17.8. The van der Waals surface area contributed by atoms with Crippen molar-refractivity contribution in [3.05, 3.63) is 75.2 Å². The molecular formula is C22H19N5O6. The molecule has 1 N–H and O–H groups in total. The third-order valence-corrected chi connectivity index (χ3v) is 4.32. The number of nitrogens with one attached hydrogen (secondary N) is 1. The summed E-state index contributed by atoms with van der Waals surface area (Å²) in [6.45, 7) is 1.55. The number of amides is 1. The van der Waals surface area contributed by atoms with Gasteiger partial charge in [0.1, 0.15) is 23.2 Å². The van der Waals surface area contributed by atoms with Crippen molar-refractivity contribution in [3.8, 4) is 23.3 Å². The molecule has 3 rings (SSSR count). The molecule has 2 heterocycles. The van der Waals surface area contributed by atoms with Crippen LogP contribution in [0.2, 0.25) is 0 Å². The molecule has 1 aromatic carbocycles. The molecule has 0 aliphatic carbocycles. The van der Waals surface area contributed by atoms with Gasteiger partial charge in [0.05, 0.1) is 17.7 Å². The quantitative estimate of drug-likeness (QED) is 0.297. The van der Waals surface area contributed by atoms with Gasteiger partial charge in [0.25, 0.3) is 11.6 Å². The molecule has 2 aromatic heterocycles. The van der Waals surface area contributed by atoms with Crippen molar-refractivity contribution in [2.75, 3.05) is 13.7 Å². The number of rotatable bonds is 9. The first kappa shape index (κ1) is 23.1. The summed E-state index contributed by atoms with van der Waals surface area (Å²) < 4.78 is 16.1. The van der Waals surface area contributed by atoms with Gasteiger partial charge in [-0.2, -0.15) is 10.4 Å². The Morgan fingerprint density at radius 3 is 2.76 bits per heavy atom. The molecule has 0 unspecified atom stereocenters. The van der Waals surface area contributed by atoms with Crippen LogP contribution in [0.3, 0.4) is 0 Å². The van der Waals surface area contributed by atoms with E-state index in [1.807, 2.05) is 6.07 Å². The molecule has 33 heavy (non-hydrogen) atoms. The predicted octanol–water partition coefficient (Wildman–Crippen LogP) is 3.11. The van der Waals surface area contributed by atoms with E-state index in [0.717, 1.165) is 0 Å². The summed E-state index contributed by atoms with van der Waals surface area (Å²) in [4.78, 5) is 26.5. The van der Waals surface area contributed by atoms with Crippen LogP contribution in [0.1, 0.15) is 22.6 Å². The number of hydrogen-bond acceptors (Lipinski definition) is 9. The zero-order chi connectivity index (χ0) is 23.8. The number of hydrazone groups is 1. The maximum absolute atomic E-state index is 12.0. The van der Waals surface area contributed by atoms with Gasteiger partial charge in [-0.3, -0.25) is 14.9 Å². The molecule has 0 aliphatic rings. The number of ether oxygens (including phenoxy) is 2. The Kier molecular flexibility index (Phi) is 7.46. The Labute approximate surface area is 188 Å². The van der Waals surface area contributed by atoms with Crippen molar-refractivity contribution in [2.24, 2.45) is 5.10 Å². The van der Waals surface area contributed by atoms with Gasteiger partial charge in [0, 0.05) is 36.1 Å². The lowest BCUT2D eigenvalue weighted by atomic mass is 10.1. The molecule has 11 heteroatoms. The van der Waals surface area contributed by atoms with E-state index in [9.17, 15) is 20.2 Å². The van der Waals surface area contributed by atoms with Crippen LogP contribution in [0.15, 0.2) is 52.0 Å². The Morgan fingerprint density at radius 1 is 1.33 bits per heavy atom. The van der Waals surface area contributed by atoms with Crippen LogP contribution < -0.4 is 10.2 Å². The number of aromatic nitrogens is 1. The van der Waals surface area contributed by atoms with E-state index >= 15 is 0 Å². The Morgan fingerprint density at radius 2 is 2.09 bits per heavy atom. The van der Waals surface area contributed by atoms with Crippen molar-refractivity contribution >= 4 is 17.8 Å². The number of benzene rings is 1. The van der Waals surface area contributed by atoms with Crippen LogP contribution in [0.5, 0.6) is 5.88 Å². The molecule has 0 atom stereocenters. The lowest BCUT2D eigenvalue weighted by Crippen LogP contribution is -2.25. The Hall–Kier alpha value is -4.56. The SMILES string of the molecule is COCc1cc(C)nc(OCC(=O)N/N=C/c2ccc(-c3ccc([N+](=O)[O-])cc3)o2)c1C#N. The van der Waals surface area contributed by atoms with Crippen LogP contribution in [0.25, 0.3) is 11.3 Å². The Bertz CT molecular complexity index is 1230. The fraction of sp³-hybridized carbons (Fsp3) is 0.182. The molecule has 0 spiro atoms. The van der Waals surface area contributed by atoms with Crippen molar-refractivity contribution in [1.82, 2.24) is 10.4 Å². The second kappa shape index (κ2) is 10.7. The van der Waals surface area contributed by atoms with E-state index in [-0.39, 0.29) is 23.7 Å². The first-order valence-corrected chi connectivity index (χ1v) is 9.60. The summed E-state index contributed by atoms with van der Waals surface area (Å²) in [6.07, 6.45) is 1.30. The predicted molar refractivity (Wildman–Crippen MR) is 116 cm³/mol. The summed E-state index contributed by atoms with van der Waals surface area (Å²) in [5, 5.41) is 23.9. The maximum atomic E-state index is 12.0. The number of non-ortho nitro benzene ring substituents is 1. The lowest BCUT2D eigenvalue weighted by Gasteiger charge is -2.10. The molecular weight excluding hydrogens is 430 g/mol. The number of carbonyl (C=O) groups excluding carboxylic acids is 1. The monoisotopic (exact) mass is 449 g/mol. The number of hydrogen-bond donors (Lipinski definition) is 1. The molecule has 0 bridgehead atoms. The lowest BCUT2D eigenvalue weighted by molar-refractivity contribution is -0.384. The van der Waals surface area contributed by atoms with Gasteiger partial charge in [-0.05, 0) is 37.3 Å². The van der Waals surface area contributed by atoms with E-state index in [0.29, 0.717) is 28.3 Å². The highest BCUT2D eigenvalue weighted by Gasteiger charge is 2.14. The number of nitriles is 1. The zero-order valence-corrected chi connectivity index (χ0v) is 17.8. The number of nitro groups is 1. The van der Waals surface area contributed by atoms with E-state index in [1.54, 1.807) is 37.3 Å². The molecule has 0 radical (unpaired) electrons. The second-order valence-electron chi connectivity index (χ2n) is 6.74. The summed E-state index contributed by atoms with van der Waals surface area (Å²) in [5.74, 6) is 0.333. The number of aryl methyl sites for hydroxylation is 1. The highest BCUT2D eigenvalue weighted by atomic mass is 16.6. The third kappa shape index (κ3) is 5.99. The summed E-state index contributed by atoms with van der Waals surface area (Å²) in [7, 11) is 1.51. The highest BCUT2D eigenvalue weighted by Crippen LogP contribution is 2.24. The fourth-order valence-electron chi connectivity index (χ4n) is 2.86. The van der Waals surface area contributed by atoms with Gasteiger partial charge in [-0.1, -0.05) is 0 Å². The number of pyridine rings is 1.